The Kier molecular flexibility index (Phi) is 7.37. The summed E-state index contributed by atoms with van der Waals surface area (Å²) < 4.78 is 28.6. The smallest absolute Gasteiger partial charge is 0.387 e. The van der Waals surface area contributed by atoms with Gasteiger partial charge in [-0.05, 0) is 54.8 Å². The third-order valence-corrected chi connectivity index (χ3v) is 4.88. The van der Waals surface area contributed by atoms with Crippen molar-refractivity contribution in [2.24, 2.45) is 0 Å². The van der Waals surface area contributed by atoms with Gasteiger partial charge in [0.25, 0.3) is 0 Å². The Morgan fingerprint density at radius 1 is 0.929 bits per heavy atom. The third kappa shape index (κ3) is 6.60. The van der Waals surface area contributed by atoms with E-state index in [1.807, 2.05) is 0 Å². The van der Waals surface area contributed by atoms with E-state index < -0.39 is 6.61 Å². The molecule has 0 aromatic heterocycles. The van der Waals surface area contributed by atoms with Crippen molar-refractivity contribution in [1.82, 2.24) is 10.2 Å². The maximum atomic E-state index is 12.1. The number of carbonyl (C=O) groups excluding carboxylic acids is 1. The second-order valence-electron chi connectivity index (χ2n) is 7.13. The second kappa shape index (κ2) is 10.2. The van der Waals surface area contributed by atoms with Crippen LogP contribution >= 0.6 is 0 Å². The van der Waals surface area contributed by atoms with Crippen molar-refractivity contribution < 1.29 is 18.3 Å². The largest absolute Gasteiger partial charge is 0.435 e. The van der Waals surface area contributed by atoms with Crippen molar-refractivity contribution in [2.45, 2.75) is 45.4 Å². The van der Waals surface area contributed by atoms with Crippen molar-refractivity contribution in [3.05, 3.63) is 65.2 Å². The van der Waals surface area contributed by atoms with Crippen LogP contribution in [0.4, 0.5) is 8.78 Å². The summed E-state index contributed by atoms with van der Waals surface area (Å²) in [5, 5.41) is 2.89. The van der Waals surface area contributed by atoms with Crippen LogP contribution in [0.25, 0.3) is 0 Å². The number of hydrogen-bond donors (Lipinski definition) is 1. The number of nitrogens with zero attached hydrogens (tertiary/aromatic N) is 1. The summed E-state index contributed by atoms with van der Waals surface area (Å²) in [4.78, 5) is 14.6. The van der Waals surface area contributed by atoms with Gasteiger partial charge in [0.2, 0.25) is 5.91 Å². The monoisotopic (exact) mass is 388 g/mol. The van der Waals surface area contributed by atoms with E-state index in [1.165, 1.54) is 50.0 Å². The predicted octanol–water partition coefficient (Wildman–Crippen LogP) is 4.13. The number of nitrogens with one attached hydrogen (secondary N) is 1. The topological polar surface area (TPSA) is 41.6 Å². The summed E-state index contributed by atoms with van der Waals surface area (Å²) in [6.45, 7) is 0.952. The van der Waals surface area contributed by atoms with Gasteiger partial charge in [-0.1, -0.05) is 42.8 Å². The van der Waals surface area contributed by atoms with Crippen molar-refractivity contribution in [1.29, 1.82) is 0 Å². The van der Waals surface area contributed by atoms with Crippen LogP contribution in [-0.4, -0.2) is 30.5 Å². The third-order valence-electron chi connectivity index (χ3n) is 4.88. The van der Waals surface area contributed by atoms with Crippen LogP contribution in [0.5, 0.6) is 5.75 Å². The molecule has 28 heavy (non-hydrogen) atoms. The lowest BCUT2D eigenvalue weighted by Gasteiger charge is -2.26. The minimum Gasteiger partial charge on any atom is -0.435 e. The van der Waals surface area contributed by atoms with Gasteiger partial charge in [-0.3, -0.25) is 9.69 Å². The molecule has 1 N–H and O–H groups in total. The van der Waals surface area contributed by atoms with Crippen molar-refractivity contribution in [2.75, 3.05) is 13.1 Å². The Morgan fingerprint density at radius 3 is 2.18 bits per heavy atom. The lowest BCUT2D eigenvalue weighted by Crippen LogP contribution is -2.29. The summed E-state index contributed by atoms with van der Waals surface area (Å²) in [6, 6.07) is 14.5. The molecule has 150 valence electrons. The number of carbonyl (C=O) groups is 1. The Morgan fingerprint density at radius 2 is 1.54 bits per heavy atom. The fourth-order valence-electron chi connectivity index (χ4n) is 3.38. The zero-order valence-electron chi connectivity index (χ0n) is 15.9. The number of amides is 1. The standard InChI is InChI=1S/C22H26F2N2O2/c23-22(24)28-20-10-8-17(9-11-20)14-21(27)25-15-18-4-6-19(7-5-18)16-26-12-2-1-3-13-26/h4-11,22H,1-3,12-16H2,(H,25,27). The zero-order valence-corrected chi connectivity index (χ0v) is 15.9. The molecular weight excluding hydrogens is 362 g/mol. The SMILES string of the molecule is O=C(Cc1ccc(OC(F)F)cc1)NCc1ccc(CN2CCCCC2)cc1. The lowest BCUT2D eigenvalue weighted by atomic mass is 10.1. The molecule has 4 nitrogen and oxygen atoms in total. The van der Waals surface area contributed by atoms with Crippen LogP contribution in [0, 0.1) is 0 Å². The molecule has 1 aliphatic heterocycles. The van der Waals surface area contributed by atoms with Crippen LogP contribution < -0.4 is 10.1 Å². The van der Waals surface area contributed by atoms with E-state index >= 15 is 0 Å². The molecule has 1 saturated heterocycles. The van der Waals surface area contributed by atoms with Gasteiger partial charge < -0.3 is 10.1 Å². The molecule has 0 unspecified atom stereocenters. The van der Waals surface area contributed by atoms with E-state index in [0.717, 1.165) is 17.7 Å². The Hall–Kier alpha value is -2.47. The number of piperidine rings is 1. The van der Waals surface area contributed by atoms with Crippen LogP contribution in [0.1, 0.15) is 36.0 Å². The summed E-state index contributed by atoms with van der Waals surface area (Å²) >= 11 is 0. The average molecular weight is 388 g/mol. The van der Waals surface area contributed by atoms with Crippen LogP contribution in [0.2, 0.25) is 0 Å². The van der Waals surface area contributed by atoms with Gasteiger partial charge in [-0.2, -0.15) is 8.78 Å². The molecule has 2 aromatic rings. The number of hydrogen-bond acceptors (Lipinski definition) is 3. The molecule has 0 atom stereocenters. The molecule has 2 aromatic carbocycles. The molecule has 1 heterocycles. The molecule has 3 rings (SSSR count). The van der Waals surface area contributed by atoms with Gasteiger partial charge in [-0.15, -0.1) is 0 Å². The molecule has 6 heteroatoms. The van der Waals surface area contributed by atoms with Gasteiger partial charge >= 0.3 is 6.61 Å². The van der Waals surface area contributed by atoms with Gasteiger partial charge in [0, 0.05) is 13.1 Å². The van der Waals surface area contributed by atoms with Gasteiger partial charge in [0.05, 0.1) is 6.42 Å². The molecule has 1 fully saturated rings. The average Bonchev–Trinajstić information content (AvgIpc) is 2.69. The molecular formula is C22H26F2N2O2. The highest BCUT2D eigenvalue weighted by molar-refractivity contribution is 5.78. The first-order chi connectivity index (χ1) is 13.6. The summed E-state index contributed by atoms with van der Waals surface area (Å²) in [5.41, 5.74) is 3.09. The van der Waals surface area contributed by atoms with Crippen LogP contribution in [0.15, 0.2) is 48.5 Å². The van der Waals surface area contributed by atoms with Crippen molar-refractivity contribution in [3.8, 4) is 5.75 Å². The first-order valence-electron chi connectivity index (χ1n) is 9.69. The molecule has 0 spiro atoms. The van der Waals surface area contributed by atoms with Crippen LogP contribution in [0.3, 0.4) is 0 Å². The number of alkyl halides is 2. The minimum absolute atomic E-state index is 0.0869. The first-order valence-corrected chi connectivity index (χ1v) is 9.69. The van der Waals surface area contributed by atoms with Gasteiger partial charge in [0.1, 0.15) is 5.75 Å². The number of rotatable bonds is 8. The Balaban J connectivity index is 1.42. The van der Waals surface area contributed by atoms with E-state index in [1.54, 1.807) is 12.1 Å². The molecule has 0 bridgehead atoms. The van der Waals surface area contributed by atoms with Crippen LogP contribution in [-0.2, 0) is 24.3 Å². The van der Waals surface area contributed by atoms with Gasteiger partial charge in [-0.25, -0.2) is 0 Å². The zero-order chi connectivity index (χ0) is 19.8. The molecule has 0 saturated carbocycles. The molecule has 1 amide bonds. The highest BCUT2D eigenvalue weighted by atomic mass is 19.3. The summed E-state index contributed by atoms with van der Waals surface area (Å²) in [5.74, 6) is -0.0243. The van der Waals surface area contributed by atoms with Crippen molar-refractivity contribution in [3.63, 3.8) is 0 Å². The quantitative estimate of drug-likeness (QED) is 0.739. The lowest BCUT2D eigenvalue weighted by molar-refractivity contribution is -0.120. The number of ether oxygens (including phenoxy) is 1. The number of halogens is 2. The molecule has 1 aliphatic rings. The molecule has 0 radical (unpaired) electrons. The number of benzene rings is 2. The molecule has 0 aliphatic carbocycles. The Bertz CT molecular complexity index is 742. The second-order valence-corrected chi connectivity index (χ2v) is 7.13. The van der Waals surface area contributed by atoms with E-state index in [4.69, 9.17) is 0 Å². The van der Waals surface area contributed by atoms with Crippen molar-refractivity contribution >= 4 is 5.91 Å². The van der Waals surface area contributed by atoms with E-state index in [9.17, 15) is 13.6 Å². The van der Waals surface area contributed by atoms with E-state index in [-0.39, 0.29) is 18.1 Å². The highest BCUT2D eigenvalue weighted by Crippen LogP contribution is 2.16. The highest BCUT2D eigenvalue weighted by Gasteiger charge is 2.10. The van der Waals surface area contributed by atoms with E-state index in [2.05, 4.69) is 39.2 Å². The maximum Gasteiger partial charge on any atom is 0.387 e. The van der Waals surface area contributed by atoms with E-state index in [0.29, 0.717) is 6.54 Å². The minimum atomic E-state index is -2.85. The number of likely N-dealkylation sites (tertiary alicyclic amines) is 1. The predicted molar refractivity (Wildman–Crippen MR) is 104 cm³/mol. The Labute approximate surface area is 164 Å². The summed E-state index contributed by atoms with van der Waals surface area (Å²) in [7, 11) is 0. The van der Waals surface area contributed by atoms with Gasteiger partial charge in [0.15, 0.2) is 0 Å². The fraction of sp³-hybridized carbons (Fsp3) is 0.409. The fourth-order valence-corrected chi connectivity index (χ4v) is 3.38. The first kappa shape index (κ1) is 20.3. The summed E-state index contributed by atoms with van der Waals surface area (Å²) in [6.07, 6.45) is 4.10. The normalized spacial score (nSPS) is 14.8. The maximum absolute atomic E-state index is 12.1.